The van der Waals surface area contributed by atoms with Crippen LogP contribution < -0.4 is 0 Å². The van der Waals surface area contributed by atoms with Gasteiger partial charge in [-0.25, -0.2) is 0 Å². The van der Waals surface area contributed by atoms with Gasteiger partial charge in [0.15, 0.2) is 0 Å². The molecule has 0 amide bonds. The van der Waals surface area contributed by atoms with Crippen LogP contribution in [0.3, 0.4) is 0 Å². The van der Waals surface area contributed by atoms with Crippen LogP contribution in [0.5, 0.6) is 0 Å². The van der Waals surface area contributed by atoms with Gasteiger partial charge in [-0.05, 0) is 32.1 Å². The van der Waals surface area contributed by atoms with E-state index in [0.717, 1.165) is 25.7 Å². The number of unbranched alkanes of at least 4 members (excludes halogenated alkanes) is 1. The van der Waals surface area contributed by atoms with Crippen LogP contribution in [0.2, 0.25) is 0 Å². The molecule has 0 rings (SSSR count). The lowest BCUT2D eigenvalue weighted by Crippen LogP contribution is -2.33. The smallest absolute Gasteiger partial charge is 0.141 e. The predicted molar refractivity (Wildman–Crippen MR) is 74.7 cm³/mol. The molecule has 0 aromatic carbocycles. The summed E-state index contributed by atoms with van der Waals surface area (Å²) in [5.41, 5.74) is -0.155. The Morgan fingerprint density at radius 1 is 1.24 bits per heavy atom. The lowest BCUT2D eigenvalue weighted by Gasteiger charge is -2.31. The van der Waals surface area contributed by atoms with E-state index in [-0.39, 0.29) is 11.3 Å². The zero-order chi connectivity index (χ0) is 13.5. The third-order valence-electron chi connectivity index (χ3n) is 3.19. The predicted octanol–water partition coefficient (Wildman–Crippen LogP) is 4.46. The van der Waals surface area contributed by atoms with Gasteiger partial charge >= 0.3 is 0 Å². The molecule has 0 aromatic rings. The molecular weight excluding hydrogens is 208 g/mol. The summed E-state index contributed by atoms with van der Waals surface area (Å²) in [6.45, 7) is 12.4. The first-order chi connectivity index (χ1) is 7.83. The van der Waals surface area contributed by atoms with Crippen molar-refractivity contribution in [2.24, 2.45) is 17.3 Å². The minimum Gasteiger partial charge on any atom is -0.299 e. The Hall–Kier alpha value is -0.770. The monoisotopic (exact) mass is 236 g/mol. The third-order valence-corrected chi connectivity index (χ3v) is 3.19. The van der Waals surface area contributed by atoms with E-state index in [1.165, 1.54) is 0 Å². The summed E-state index contributed by atoms with van der Waals surface area (Å²) in [5, 5.41) is 0. The van der Waals surface area contributed by atoms with Crippen LogP contribution in [-0.4, -0.2) is 5.78 Å². The summed E-state index contributed by atoms with van der Waals surface area (Å²) >= 11 is 0. The van der Waals surface area contributed by atoms with Crippen LogP contribution >= 0.6 is 0 Å². The van der Waals surface area contributed by atoms with E-state index in [0.29, 0.717) is 11.7 Å². The van der Waals surface area contributed by atoms with Crippen molar-refractivity contribution < 1.29 is 4.79 Å². The van der Waals surface area contributed by atoms with Gasteiger partial charge < -0.3 is 0 Å². The first kappa shape index (κ1) is 16.2. The van der Waals surface area contributed by atoms with Crippen molar-refractivity contribution in [2.75, 3.05) is 0 Å². The fraction of sp³-hybridized carbons (Fsp3) is 0.812. The molecule has 0 aliphatic rings. The maximum absolute atomic E-state index is 12.3. The van der Waals surface area contributed by atoms with Crippen molar-refractivity contribution in [1.82, 2.24) is 0 Å². The summed E-state index contributed by atoms with van der Waals surface area (Å²) in [4.78, 5) is 12.3. The van der Waals surface area contributed by atoms with Gasteiger partial charge in [-0.3, -0.25) is 4.79 Å². The zero-order valence-corrected chi connectivity index (χ0v) is 12.4. The molecule has 0 aromatic heterocycles. The van der Waals surface area contributed by atoms with Crippen molar-refractivity contribution in [2.45, 2.75) is 67.2 Å². The highest BCUT2D eigenvalue weighted by atomic mass is 16.1. The highest BCUT2D eigenvalue weighted by Crippen LogP contribution is 2.35. The van der Waals surface area contributed by atoms with E-state index in [9.17, 15) is 4.79 Å². The molecule has 0 aliphatic heterocycles. The Morgan fingerprint density at radius 3 is 2.24 bits per heavy atom. The summed E-state index contributed by atoms with van der Waals surface area (Å²) < 4.78 is 0. The average Bonchev–Trinajstić information content (AvgIpc) is 2.22. The standard InChI is InChI=1S/C16H28O/c1-7-8-9-10-11-16(6,12-13(2)3)15(17)14(4)5/h13-14H,9-12H2,1-6H3/t16-/m1/s1. The van der Waals surface area contributed by atoms with Crippen LogP contribution in [-0.2, 0) is 4.79 Å². The molecule has 0 saturated carbocycles. The molecule has 17 heavy (non-hydrogen) atoms. The summed E-state index contributed by atoms with van der Waals surface area (Å²) in [6.07, 6.45) is 3.90. The second-order valence-corrected chi connectivity index (χ2v) is 5.96. The first-order valence-electron chi connectivity index (χ1n) is 6.77. The van der Waals surface area contributed by atoms with Crippen molar-refractivity contribution in [3.63, 3.8) is 0 Å². The quantitative estimate of drug-likeness (QED) is 0.471. The molecule has 98 valence electrons. The van der Waals surface area contributed by atoms with Crippen molar-refractivity contribution in [3.05, 3.63) is 0 Å². The molecule has 0 unspecified atom stereocenters. The van der Waals surface area contributed by atoms with E-state index >= 15 is 0 Å². The number of hydrogen-bond acceptors (Lipinski definition) is 1. The second kappa shape index (κ2) is 7.54. The maximum atomic E-state index is 12.3. The van der Waals surface area contributed by atoms with Gasteiger partial charge in [0.25, 0.3) is 0 Å². The first-order valence-corrected chi connectivity index (χ1v) is 6.77. The van der Waals surface area contributed by atoms with Gasteiger partial charge in [-0.15, -0.1) is 11.8 Å². The van der Waals surface area contributed by atoms with Crippen LogP contribution in [0.4, 0.5) is 0 Å². The van der Waals surface area contributed by atoms with Crippen molar-refractivity contribution >= 4 is 5.78 Å². The number of ketones is 1. The number of Topliss-reactive ketones (excluding diaryl/α,β-unsaturated/α-hetero) is 1. The molecule has 0 bridgehead atoms. The van der Waals surface area contributed by atoms with Crippen LogP contribution in [0.1, 0.15) is 67.2 Å². The van der Waals surface area contributed by atoms with Crippen LogP contribution in [0.25, 0.3) is 0 Å². The highest BCUT2D eigenvalue weighted by Gasteiger charge is 2.34. The van der Waals surface area contributed by atoms with Gasteiger partial charge in [0.1, 0.15) is 5.78 Å². The fourth-order valence-corrected chi connectivity index (χ4v) is 2.62. The van der Waals surface area contributed by atoms with Crippen molar-refractivity contribution in [1.29, 1.82) is 0 Å². The minimum atomic E-state index is -0.155. The number of hydrogen-bond donors (Lipinski definition) is 0. The van der Waals surface area contributed by atoms with Crippen LogP contribution in [0, 0.1) is 29.1 Å². The molecule has 1 heteroatoms. The van der Waals surface area contributed by atoms with E-state index in [1.54, 1.807) is 0 Å². The Balaban J connectivity index is 4.58. The van der Waals surface area contributed by atoms with Gasteiger partial charge in [-0.1, -0.05) is 34.6 Å². The molecule has 1 atom stereocenters. The second-order valence-electron chi connectivity index (χ2n) is 5.96. The Kier molecular flexibility index (Phi) is 7.19. The highest BCUT2D eigenvalue weighted by molar-refractivity contribution is 5.86. The van der Waals surface area contributed by atoms with Gasteiger partial charge in [0.2, 0.25) is 0 Å². The summed E-state index contributed by atoms with van der Waals surface area (Å²) in [7, 11) is 0. The lowest BCUT2D eigenvalue weighted by molar-refractivity contribution is -0.132. The maximum Gasteiger partial charge on any atom is 0.141 e. The normalized spacial score (nSPS) is 14.4. The summed E-state index contributed by atoms with van der Waals surface area (Å²) in [6, 6.07) is 0. The molecule has 0 fully saturated rings. The molecule has 0 aliphatic carbocycles. The molecular formula is C16H28O. The lowest BCUT2D eigenvalue weighted by atomic mass is 9.71. The Labute approximate surface area is 107 Å². The minimum absolute atomic E-state index is 0.135. The van der Waals surface area contributed by atoms with E-state index in [2.05, 4.69) is 32.6 Å². The van der Waals surface area contributed by atoms with Gasteiger partial charge in [-0.2, -0.15) is 0 Å². The largest absolute Gasteiger partial charge is 0.299 e. The Morgan fingerprint density at radius 2 is 1.82 bits per heavy atom. The topological polar surface area (TPSA) is 17.1 Å². The van der Waals surface area contributed by atoms with Gasteiger partial charge in [0, 0.05) is 17.8 Å². The Bertz CT molecular complexity index is 290. The SMILES string of the molecule is CC#CCCC[C@](C)(CC(C)C)C(=O)C(C)C. The number of carbonyl (C=O) groups is 1. The van der Waals surface area contributed by atoms with E-state index in [4.69, 9.17) is 0 Å². The zero-order valence-electron chi connectivity index (χ0n) is 12.4. The summed E-state index contributed by atoms with van der Waals surface area (Å²) in [5.74, 6) is 7.11. The van der Waals surface area contributed by atoms with Gasteiger partial charge in [0.05, 0.1) is 0 Å². The molecule has 0 N–H and O–H groups in total. The van der Waals surface area contributed by atoms with E-state index < -0.39 is 0 Å². The fourth-order valence-electron chi connectivity index (χ4n) is 2.62. The number of rotatable bonds is 7. The molecule has 0 radical (unpaired) electrons. The molecule has 0 heterocycles. The number of carbonyl (C=O) groups excluding carboxylic acids is 1. The van der Waals surface area contributed by atoms with E-state index in [1.807, 2.05) is 20.8 Å². The molecule has 1 nitrogen and oxygen atoms in total. The molecule has 0 saturated heterocycles. The average molecular weight is 236 g/mol. The van der Waals surface area contributed by atoms with Crippen molar-refractivity contribution in [3.8, 4) is 11.8 Å². The van der Waals surface area contributed by atoms with Crippen LogP contribution in [0.15, 0.2) is 0 Å². The third kappa shape index (κ3) is 5.91. The molecule has 0 spiro atoms.